The van der Waals surface area contributed by atoms with Gasteiger partial charge in [0.05, 0.1) is 40.6 Å². The predicted octanol–water partition coefficient (Wildman–Crippen LogP) is 8.28. The third kappa shape index (κ3) is 9.08. The zero-order valence-corrected chi connectivity index (χ0v) is 30.2. The lowest BCUT2D eigenvalue weighted by Crippen LogP contribution is -2.40. The summed E-state index contributed by atoms with van der Waals surface area (Å²) in [5.41, 5.74) is 2.23. The van der Waals surface area contributed by atoms with Crippen LogP contribution < -0.4 is 18.9 Å². The van der Waals surface area contributed by atoms with Crippen molar-refractivity contribution < 1.29 is 18.9 Å². The minimum Gasteiger partial charge on any atom is -0.496 e. The van der Waals surface area contributed by atoms with Crippen molar-refractivity contribution in [3.8, 4) is 35.1 Å². The van der Waals surface area contributed by atoms with E-state index in [4.69, 9.17) is 18.9 Å². The molecule has 254 valence electrons. The molecule has 0 bridgehead atoms. The number of ether oxygens (including phenoxy) is 4. The standard InChI is InChI=1S/C38H58N4O4/c1-29-33(43-7)23-31(24-34(29)44-8)37(27-39,41(3)4)21-19-17-15-13-11-12-14-16-18-20-22-38(28-40,42(5)6)32-25-35(45-9)30(2)36(26-32)46-10/h23-26H,11-22H2,1-10H3. The van der Waals surface area contributed by atoms with E-state index in [2.05, 4.69) is 12.1 Å². The van der Waals surface area contributed by atoms with Crippen molar-refractivity contribution in [3.63, 3.8) is 0 Å². The second-order valence-electron chi connectivity index (χ2n) is 12.8. The van der Waals surface area contributed by atoms with Gasteiger partial charge in [0.25, 0.3) is 0 Å². The normalized spacial score (nSPS) is 13.9. The highest BCUT2D eigenvalue weighted by molar-refractivity contribution is 5.51. The van der Waals surface area contributed by atoms with Crippen LogP contribution >= 0.6 is 0 Å². The fourth-order valence-corrected chi connectivity index (χ4v) is 6.52. The van der Waals surface area contributed by atoms with Crippen LogP contribution in [0.1, 0.15) is 99.3 Å². The lowest BCUT2D eigenvalue weighted by atomic mass is 9.83. The van der Waals surface area contributed by atoms with E-state index < -0.39 is 11.1 Å². The molecule has 0 aliphatic carbocycles. The highest BCUT2D eigenvalue weighted by Gasteiger charge is 2.37. The first kappa shape index (κ1) is 38.7. The monoisotopic (exact) mass is 634 g/mol. The number of nitrogens with zero attached hydrogens (tertiary/aromatic N) is 4. The van der Waals surface area contributed by atoms with E-state index in [1.807, 2.05) is 76.1 Å². The minimum absolute atomic E-state index is 0.735. The molecule has 0 aliphatic rings. The number of hydrogen-bond acceptors (Lipinski definition) is 8. The van der Waals surface area contributed by atoms with Crippen molar-refractivity contribution in [3.05, 3.63) is 46.5 Å². The van der Waals surface area contributed by atoms with E-state index in [0.29, 0.717) is 0 Å². The van der Waals surface area contributed by atoms with Crippen LogP contribution in [0.4, 0.5) is 0 Å². The summed E-state index contributed by atoms with van der Waals surface area (Å²) in [6, 6.07) is 13.2. The Morgan fingerprint density at radius 1 is 0.500 bits per heavy atom. The maximum absolute atomic E-state index is 10.4. The summed E-state index contributed by atoms with van der Waals surface area (Å²) < 4.78 is 22.4. The van der Waals surface area contributed by atoms with Crippen LogP contribution in [0.15, 0.2) is 24.3 Å². The van der Waals surface area contributed by atoms with Gasteiger partial charge in [0.2, 0.25) is 0 Å². The Balaban J connectivity index is 1.80. The summed E-state index contributed by atoms with van der Waals surface area (Å²) >= 11 is 0. The topological polar surface area (TPSA) is 91.0 Å². The molecule has 2 aromatic rings. The Morgan fingerprint density at radius 2 is 0.739 bits per heavy atom. The molecular formula is C38H58N4O4. The first-order chi connectivity index (χ1) is 22.0. The average molecular weight is 635 g/mol. The van der Waals surface area contributed by atoms with Gasteiger partial charge in [0, 0.05) is 11.1 Å². The number of hydrogen-bond donors (Lipinski definition) is 0. The van der Waals surface area contributed by atoms with Crippen molar-refractivity contribution in [2.45, 2.75) is 102 Å². The smallest absolute Gasteiger partial charge is 0.134 e. The number of methoxy groups -OCH3 is 4. The van der Waals surface area contributed by atoms with Crippen molar-refractivity contribution in [2.24, 2.45) is 0 Å². The first-order valence-electron chi connectivity index (χ1n) is 16.6. The molecule has 0 radical (unpaired) electrons. The molecule has 0 aromatic heterocycles. The van der Waals surface area contributed by atoms with Crippen molar-refractivity contribution in [1.29, 1.82) is 10.5 Å². The molecule has 0 saturated carbocycles. The Hall–Kier alpha value is -3.46. The van der Waals surface area contributed by atoms with Crippen LogP contribution in [0, 0.1) is 36.5 Å². The Morgan fingerprint density at radius 3 is 0.935 bits per heavy atom. The molecule has 0 amide bonds. The van der Waals surface area contributed by atoms with Gasteiger partial charge in [-0.05, 0) is 90.3 Å². The summed E-state index contributed by atoms with van der Waals surface area (Å²) in [5.74, 6) is 2.96. The molecule has 8 nitrogen and oxygen atoms in total. The van der Waals surface area contributed by atoms with Crippen LogP contribution in [-0.2, 0) is 11.1 Å². The van der Waals surface area contributed by atoms with Gasteiger partial charge in [-0.3, -0.25) is 9.80 Å². The molecule has 2 rings (SSSR count). The van der Waals surface area contributed by atoms with Crippen LogP contribution in [0.5, 0.6) is 23.0 Å². The van der Waals surface area contributed by atoms with Gasteiger partial charge in [-0.1, -0.05) is 64.2 Å². The van der Waals surface area contributed by atoms with Gasteiger partial charge >= 0.3 is 0 Å². The third-order valence-corrected chi connectivity index (χ3v) is 9.68. The van der Waals surface area contributed by atoms with Gasteiger partial charge in [-0.15, -0.1) is 0 Å². The van der Waals surface area contributed by atoms with E-state index in [-0.39, 0.29) is 0 Å². The number of nitriles is 2. The van der Waals surface area contributed by atoms with Gasteiger partial charge < -0.3 is 18.9 Å². The fraction of sp³-hybridized carbons (Fsp3) is 0.632. The molecule has 0 fully saturated rings. The highest BCUT2D eigenvalue weighted by atomic mass is 16.5. The quantitative estimate of drug-likeness (QED) is 0.127. The number of benzene rings is 2. The molecule has 2 unspecified atom stereocenters. The maximum Gasteiger partial charge on any atom is 0.134 e. The van der Waals surface area contributed by atoms with E-state index >= 15 is 0 Å². The number of rotatable bonds is 21. The van der Waals surface area contributed by atoms with Gasteiger partial charge in [0.15, 0.2) is 0 Å². The van der Waals surface area contributed by atoms with Crippen LogP contribution in [0.25, 0.3) is 0 Å². The molecule has 0 N–H and O–H groups in total. The first-order valence-corrected chi connectivity index (χ1v) is 16.6. The van der Waals surface area contributed by atoms with Gasteiger partial charge in [-0.2, -0.15) is 10.5 Å². The lowest BCUT2D eigenvalue weighted by molar-refractivity contribution is 0.196. The molecule has 0 heterocycles. The zero-order valence-electron chi connectivity index (χ0n) is 30.2. The molecule has 2 aromatic carbocycles. The Labute approximate surface area is 279 Å². The SMILES string of the molecule is COc1cc(C(C#N)(CCCCCCCCCCCCC(C#N)(c2cc(OC)c(C)c(OC)c2)N(C)C)N(C)C)cc(OC)c1C. The van der Waals surface area contributed by atoms with Crippen molar-refractivity contribution >= 4 is 0 Å². The second-order valence-corrected chi connectivity index (χ2v) is 12.8. The second kappa shape index (κ2) is 18.6. The fourth-order valence-electron chi connectivity index (χ4n) is 6.52. The summed E-state index contributed by atoms with van der Waals surface area (Å²) in [6.45, 7) is 3.94. The van der Waals surface area contributed by atoms with Gasteiger partial charge in [-0.25, -0.2) is 0 Å². The molecule has 0 aliphatic heterocycles. The maximum atomic E-state index is 10.4. The Kier molecular flexibility index (Phi) is 15.7. The molecule has 0 spiro atoms. The molecule has 46 heavy (non-hydrogen) atoms. The minimum atomic E-state index is -0.735. The summed E-state index contributed by atoms with van der Waals surface area (Å²) in [7, 11) is 14.5. The van der Waals surface area contributed by atoms with Gasteiger partial charge in [0.1, 0.15) is 34.1 Å². The summed E-state index contributed by atoms with van der Waals surface area (Å²) in [6.07, 6.45) is 12.9. The molecular weight excluding hydrogens is 576 g/mol. The van der Waals surface area contributed by atoms with E-state index in [9.17, 15) is 10.5 Å². The van der Waals surface area contributed by atoms with Crippen LogP contribution in [0.3, 0.4) is 0 Å². The predicted molar refractivity (Wildman–Crippen MR) is 186 cm³/mol. The third-order valence-electron chi connectivity index (χ3n) is 9.68. The largest absolute Gasteiger partial charge is 0.496 e. The lowest BCUT2D eigenvalue weighted by Gasteiger charge is -2.35. The highest BCUT2D eigenvalue weighted by Crippen LogP contribution is 2.40. The summed E-state index contributed by atoms with van der Waals surface area (Å²) in [5, 5.41) is 20.7. The summed E-state index contributed by atoms with van der Waals surface area (Å²) in [4.78, 5) is 4.04. The van der Waals surface area contributed by atoms with Crippen molar-refractivity contribution in [2.75, 3.05) is 56.6 Å². The zero-order chi connectivity index (χ0) is 34.3. The average Bonchev–Trinajstić information content (AvgIpc) is 3.05. The van der Waals surface area contributed by atoms with E-state index in [1.54, 1.807) is 28.4 Å². The molecule has 8 heteroatoms. The number of unbranched alkanes of at least 4 members (excludes halogenated alkanes) is 9. The van der Waals surface area contributed by atoms with Crippen LogP contribution in [-0.4, -0.2) is 66.4 Å². The van der Waals surface area contributed by atoms with Crippen LogP contribution in [0.2, 0.25) is 0 Å². The van der Waals surface area contributed by atoms with E-state index in [0.717, 1.165) is 83.8 Å². The van der Waals surface area contributed by atoms with Crippen molar-refractivity contribution in [1.82, 2.24) is 9.80 Å². The van der Waals surface area contributed by atoms with E-state index in [1.165, 1.54) is 38.5 Å². The molecule has 2 atom stereocenters. The Bertz CT molecular complexity index is 1180. The molecule has 0 saturated heterocycles.